The van der Waals surface area contributed by atoms with Crippen molar-refractivity contribution in [3.05, 3.63) is 24.4 Å². The van der Waals surface area contributed by atoms with Gasteiger partial charge in [-0.2, -0.15) is 0 Å². The summed E-state index contributed by atoms with van der Waals surface area (Å²) in [5, 5.41) is 4.58. The number of nitrogens with zero attached hydrogens (tertiary/aromatic N) is 3. The Kier molecular flexibility index (Phi) is 5.17. The van der Waals surface area contributed by atoms with Gasteiger partial charge in [-0.05, 0) is 18.2 Å². The highest BCUT2D eigenvalue weighted by Crippen LogP contribution is 2.26. The minimum Gasteiger partial charge on any atom is -0.440 e. The second kappa shape index (κ2) is 7.10. The zero-order valence-electron chi connectivity index (χ0n) is 10.9. The smallest absolute Gasteiger partial charge is 0.261 e. The van der Waals surface area contributed by atoms with E-state index in [4.69, 9.17) is 9.15 Å². The summed E-state index contributed by atoms with van der Waals surface area (Å²) in [6, 6.07) is 1.88. The maximum atomic E-state index is 5.20. The van der Waals surface area contributed by atoms with E-state index in [1.54, 1.807) is 13.3 Å². The minimum absolute atomic E-state index is 0.376. The van der Waals surface area contributed by atoms with Crippen molar-refractivity contribution in [1.29, 1.82) is 0 Å². The maximum absolute atomic E-state index is 5.20. The van der Waals surface area contributed by atoms with Gasteiger partial charge in [0.15, 0.2) is 5.82 Å². The van der Waals surface area contributed by atoms with Gasteiger partial charge in [0.05, 0.1) is 6.20 Å². The molecule has 2 aromatic heterocycles. The van der Waals surface area contributed by atoms with Gasteiger partial charge in [-0.3, -0.25) is 0 Å². The minimum atomic E-state index is 0.376. The monoisotopic (exact) mass is 280 g/mol. The Morgan fingerprint density at radius 2 is 2.32 bits per heavy atom. The molecule has 0 atom stereocenters. The molecule has 0 fully saturated rings. The summed E-state index contributed by atoms with van der Waals surface area (Å²) in [7, 11) is 1.62. The van der Waals surface area contributed by atoms with Crippen LogP contribution >= 0.6 is 11.8 Å². The molecular weight excluding hydrogens is 264 g/mol. The van der Waals surface area contributed by atoms with Gasteiger partial charge in [-0.25, -0.2) is 15.0 Å². The Morgan fingerprint density at radius 1 is 1.42 bits per heavy atom. The second-order valence-electron chi connectivity index (χ2n) is 3.77. The van der Waals surface area contributed by atoms with Crippen LogP contribution < -0.4 is 5.32 Å². The molecule has 6 nitrogen and oxygen atoms in total. The van der Waals surface area contributed by atoms with Gasteiger partial charge in [0.2, 0.25) is 0 Å². The van der Waals surface area contributed by atoms with Crippen molar-refractivity contribution in [3.63, 3.8) is 0 Å². The van der Waals surface area contributed by atoms with Crippen molar-refractivity contribution in [3.8, 4) is 0 Å². The van der Waals surface area contributed by atoms with E-state index < -0.39 is 0 Å². The fraction of sp³-hybridized carbons (Fsp3) is 0.417. The van der Waals surface area contributed by atoms with Crippen molar-refractivity contribution in [2.45, 2.75) is 30.2 Å². The molecule has 0 radical (unpaired) electrons. The second-order valence-corrected chi connectivity index (χ2v) is 4.74. The molecule has 0 aliphatic carbocycles. The highest BCUT2D eigenvalue weighted by molar-refractivity contribution is 7.99. The van der Waals surface area contributed by atoms with Crippen molar-refractivity contribution >= 4 is 17.6 Å². The van der Waals surface area contributed by atoms with E-state index >= 15 is 0 Å². The summed E-state index contributed by atoms with van der Waals surface area (Å²) in [6.45, 7) is 3.35. The molecule has 7 heteroatoms. The number of hydrogen-bond donors (Lipinski definition) is 1. The standard InChI is InChI=1S/C12H16N4O2S/c1-3-4-13-9-7-11(16-10(15-9)8-17-2)19-12-14-5-6-18-12/h5-7H,3-4,8H2,1-2H3,(H,13,15,16). The molecule has 0 amide bonds. The number of rotatable bonds is 7. The Balaban J connectivity index is 2.17. The van der Waals surface area contributed by atoms with Crippen molar-refractivity contribution in [2.75, 3.05) is 19.0 Å². The van der Waals surface area contributed by atoms with Crippen LogP contribution in [0.5, 0.6) is 0 Å². The van der Waals surface area contributed by atoms with E-state index in [-0.39, 0.29) is 0 Å². The van der Waals surface area contributed by atoms with Crippen LogP contribution in [0.4, 0.5) is 5.82 Å². The molecule has 0 saturated carbocycles. The number of aromatic nitrogens is 3. The first-order chi connectivity index (χ1) is 9.31. The summed E-state index contributed by atoms with van der Waals surface area (Å²) in [5.74, 6) is 1.43. The van der Waals surface area contributed by atoms with Crippen LogP contribution in [0.25, 0.3) is 0 Å². The molecule has 1 N–H and O–H groups in total. The number of methoxy groups -OCH3 is 1. The molecule has 0 aromatic carbocycles. The SMILES string of the molecule is CCCNc1cc(Sc2ncco2)nc(COC)n1. The van der Waals surface area contributed by atoms with Crippen LogP contribution in [0.2, 0.25) is 0 Å². The Morgan fingerprint density at radius 3 is 3.00 bits per heavy atom. The first kappa shape index (κ1) is 13.8. The molecular formula is C12H16N4O2S. The summed E-state index contributed by atoms with van der Waals surface area (Å²) < 4.78 is 10.3. The molecule has 2 aromatic rings. The fourth-order valence-corrected chi connectivity index (χ4v) is 2.13. The molecule has 2 heterocycles. The first-order valence-corrected chi connectivity index (χ1v) is 6.81. The van der Waals surface area contributed by atoms with E-state index in [0.29, 0.717) is 17.7 Å². The maximum Gasteiger partial charge on any atom is 0.261 e. The van der Waals surface area contributed by atoms with Gasteiger partial charge in [-0.15, -0.1) is 0 Å². The third-order valence-corrected chi connectivity index (χ3v) is 2.97. The van der Waals surface area contributed by atoms with E-state index in [2.05, 4.69) is 27.2 Å². The molecule has 0 aliphatic heterocycles. The van der Waals surface area contributed by atoms with Gasteiger partial charge in [0.1, 0.15) is 23.7 Å². The number of ether oxygens (including phenoxy) is 1. The lowest BCUT2D eigenvalue weighted by molar-refractivity contribution is 0.177. The molecule has 2 rings (SSSR count). The van der Waals surface area contributed by atoms with Crippen LogP contribution in [0, 0.1) is 0 Å². The largest absolute Gasteiger partial charge is 0.440 e. The lowest BCUT2D eigenvalue weighted by Gasteiger charge is -2.07. The van der Waals surface area contributed by atoms with Crippen LogP contribution in [-0.2, 0) is 11.3 Å². The van der Waals surface area contributed by atoms with Gasteiger partial charge < -0.3 is 14.5 Å². The van der Waals surface area contributed by atoms with Gasteiger partial charge >= 0.3 is 0 Å². The zero-order chi connectivity index (χ0) is 13.5. The normalized spacial score (nSPS) is 10.6. The molecule has 0 bridgehead atoms. The molecule has 102 valence electrons. The summed E-state index contributed by atoms with van der Waals surface area (Å²) in [5.41, 5.74) is 0. The molecule has 0 saturated heterocycles. The number of oxazole rings is 1. The molecule has 0 spiro atoms. The molecule has 19 heavy (non-hydrogen) atoms. The Bertz CT molecular complexity index is 504. The average Bonchev–Trinajstić information content (AvgIpc) is 2.89. The van der Waals surface area contributed by atoms with Gasteiger partial charge in [0, 0.05) is 19.7 Å². The van der Waals surface area contributed by atoms with E-state index in [1.807, 2.05) is 6.07 Å². The van der Waals surface area contributed by atoms with Crippen molar-refractivity contribution in [1.82, 2.24) is 15.0 Å². The highest BCUT2D eigenvalue weighted by atomic mass is 32.2. The topological polar surface area (TPSA) is 73.1 Å². The van der Waals surface area contributed by atoms with E-state index in [9.17, 15) is 0 Å². The quantitative estimate of drug-likeness (QED) is 0.781. The predicted octanol–water partition coefficient (Wildman–Crippen LogP) is 2.58. The first-order valence-electron chi connectivity index (χ1n) is 6.00. The number of hydrogen-bond acceptors (Lipinski definition) is 7. The van der Waals surface area contributed by atoms with Gasteiger partial charge in [-0.1, -0.05) is 6.92 Å². The zero-order valence-corrected chi connectivity index (χ0v) is 11.7. The average molecular weight is 280 g/mol. The van der Waals surface area contributed by atoms with Crippen molar-refractivity contribution in [2.24, 2.45) is 0 Å². The number of anilines is 1. The Labute approximate surface area is 116 Å². The third kappa shape index (κ3) is 4.22. The fourth-order valence-electron chi connectivity index (χ4n) is 1.41. The summed E-state index contributed by atoms with van der Waals surface area (Å²) in [6.07, 6.45) is 4.18. The van der Waals surface area contributed by atoms with Crippen molar-refractivity contribution < 1.29 is 9.15 Å². The lowest BCUT2D eigenvalue weighted by atomic mass is 10.4. The number of nitrogens with one attached hydrogen (secondary N) is 1. The molecule has 0 unspecified atom stereocenters. The lowest BCUT2D eigenvalue weighted by Crippen LogP contribution is -2.06. The highest BCUT2D eigenvalue weighted by Gasteiger charge is 2.08. The van der Waals surface area contributed by atoms with Crippen LogP contribution in [0.1, 0.15) is 19.2 Å². The van der Waals surface area contributed by atoms with Crippen LogP contribution in [0.15, 0.2) is 33.2 Å². The van der Waals surface area contributed by atoms with Crippen LogP contribution in [-0.4, -0.2) is 28.6 Å². The summed E-state index contributed by atoms with van der Waals surface area (Å²) >= 11 is 1.36. The summed E-state index contributed by atoms with van der Waals surface area (Å²) in [4.78, 5) is 12.8. The third-order valence-electron chi connectivity index (χ3n) is 2.18. The van der Waals surface area contributed by atoms with E-state index in [0.717, 1.165) is 23.8 Å². The predicted molar refractivity (Wildman–Crippen MR) is 72.2 cm³/mol. The van der Waals surface area contributed by atoms with E-state index in [1.165, 1.54) is 18.0 Å². The molecule has 0 aliphatic rings. The van der Waals surface area contributed by atoms with Crippen LogP contribution in [0.3, 0.4) is 0 Å². The Hall–Kier alpha value is -1.60. The van der Waals surface area contributed by atoms with Gasteiger partial charge in [0.25, 0.3) is 5.22 Å².